The molecule has 4 aromatic carbocycles. The van der Waals surface area contributed by atoms with Crippen molar-refractivity contribution >= 4 is 81.6 Å². The number of halogens is 3. The van der Waals surface area contributed by atoms with Crippen LogP contribution in [0.1, 0.15) is 11.1 Å². The summed E-state index contributed by atoms with van der Waals surface area (Å²) in [4.78, 5) is 30.0. The number of nitro benzene ring substituents is 1. The number of methoxy groups -OCH3 is 1. The summed E-state index contributed by atoms with van der Waals surface area (Å²) < 4.78 is 20.8. The van der Waals surface area contributed by atoms with Gasteiger partial charge in [0.15, 0.2) is 5.76 Å². The first-order valence-electron chi connectivity index (χ1n) is 12.9. The Bertz CT molecular complexity index is 2180. The van der Waals surface area contributed by atoms with Gasteiger partial charge in [-0.2, -0.15) is 9.78 Å². The smallest absolute Gasteiger partial charge is 0.312 e. The van der Waals surface area contributed by atoms with Gasteiger partial charge in [-0.15, -0.1) is 0 Å². The summed E-state index contributed by atoms with van der Waals surface area (Å²) in [7, 11) is 1.56. The molecule has 0 aliphatic heterocycles. The molecule has 6 aromatic rings. The Labute approximate surface area is 274 Å². The Morgan fingerprint density at radius 1 is 1.00 bits per heavy atom. The molecule has 2 aromatic heterocycles. The molecule has 0 bridgehead atoms. The van der Waals surface area contributed by atoms with E-state index in [9.17, 15) is 14.9 Å². The Hall–Kier alpha value is -4.33. The third kappa shape index (κ3) is 5.77. The molecule has 0 aliphatic rings. The van der Waals surface area contributed by atoms with E-state index in [4.69, 9.17) is 18.9 Å². The van der Waals surface area contributed by atoms with Crippen molar-refractivity contribution in [2.75, 3.05) is 7.11 Å². The normalized spacial score (nSPS) is 11.5. The van der Waals surface area contributed by atoms with Crippen LogP contribution >= 0.6 is 47.8 Å². The van der Waals surface area contributed by atoms with Crippen LogP contribution in [0.4, 0.5) is 5.69 Å². The Morgan fingerprint density at radius 3 is 2.59 bits per heavy atom. The zero-order chi connectivity index (χ0) is 31.0. The molecular formula is C31H19Br3N4O6. The van der Waals surface area contributed by atoms with E-state index >= 15 is 0 Å². The highest BCUT2D eigenvalue weighted by Gasteiger charge is 2.22. The maximum atomic E-state index is 13.8. The average Bonchev–Trinajstić information content (AvgIpc) is 3.45. The molecule has 0 spiro atoms. The van der Waals surface area contributed by atoms with E-state index in [1.807, 2.05) is 18.2 Å². The minimum atomic E-state index is -0.537. The van der Waals surface area contributed by atoms with Crippen molar-refractivity contribution in [2.24, 2.45) is 5.10 Å². The van der Waals surface area contributed by atoms with Gasteiger partial charge in [-0.05, 0) is 48.5 Å². The second kappa shape index (κ2) is 12.3. The van der Waals surface area contributed by atoms with E-state index in [0.717, 1.165) is 19.2 Å². The van der Waals surface area contributed by atoms with Crippen molar-refractivity contribution < 1.29 is 18.8 Å². The highest BCUT2D eigenvalue weighted by atomic mass is 79.9. The number of para-hydroxylation sites is 1. The number of rotatable bonds is 8. The summed E-state index contributed by atoms with van der Waals surface area (Å²) in [5.41, 5.74) is 1.29. The molecule has 44 heavy (non-hydrogen) atoms. The molecule has 0 atom stereocenters. The van der Waals surface area contributed by atoms with E-state index < -0.39 is 10.5 Å². The summed E-state index contributed by atoms with van der Waals surface area (Å²) in [5, 5.41) is 17.6. The number of ether oxygens (including phenoxy) is 2. The summed E-state index contributed by atoms with van der Waals surface area (Å²) in [6.07, 6.45) is 1.33. The maximum Gasteiger partial charge on any atom is 0.312 e. The number of benzene rings is 4. The van der Waals surface area contributed by atoms with Gasteiger partial charge >= 0.3 is 5.69 Å². The molecule has 0 aliphatic carbocycles. The standard InChI is InChI=1S/C31H19Br3N4O6/c1-42-26-7-4-8-27-22(26)14-28(44-27)30-36-24-6-3-2-5-21(24)31(39)37(30)35-15-18-11-20(33)13-25(38(40)41)29(18)43-16-17-9-10-19(32)12-23(17)34/h2-15H,16H2,1H3. The number of fused-ring (bicyclic) bond motifs is 2. The molecule has 0 amide bonds. The third-order valence-electron chi connectivity index (χ3n) is 6.67. The lowest BCUT2D eigenvalue weighted by atomic mass is 10.2. The molecular weight excluding hydrogens is 764 g/mol. The Morgan fingerprint density at radius 2 is 1.82 bits per heavy atom. The number of aromatic nitrogens is 2. The second-order valence-corrected chi connectivity index (χ2v) is 12.1. The highest BCUT2D eigenvalue weighted by molar-refractivity contribution is 9.11. The van der Waals surface area contributed by atoms with Gasteiger partial charge in [0.25, 0.3) is 5.56 Å². The zero-order valence-electron chi connectivity index (χ0n) is 22.7. The predicted octanol–water partition coefficient (Wildman–Crippen LogP) is 8.48. The molecule has 220 valence electrons. The van der Waals surface area contributed by atoms with Crippen molar-refractivity contribution in [3.05, 3.63) is 124 Å². The molecule has 0 unspecified atom stereocenters. The first-order valence-corrected chi connectivity index (χ1v) is 15.3. The van der Waals surface area contributed by atoms with Crippen LogP contribution in [-0.4, -0.2) is 27.9 Å². The SMILES string of the molecule is COc1cccc2oc(-c3nc4ccccc4c(=O)n3N=Cc3cc(Br)cc([N+](=O)[O-])c3OCc3ccc(Br)cc3Br)cc12. The van der Waals surface area contributed by atoms with E-state index in [0.29, 0.717) is 32.1 Å². The van der Waals surface area contributed by atoms with Crippen LogP contribution < -0.4 is 15.0 Å². The largest absolute Gasteiger partial charge is 0.496 e. The summed E-state index contributed by atoms with van der Waals surface area (Å²) >= 11 is 10.3. The number of nitrogens with zero attached hydrogens (tertiary/aromatic N) is 4. The van der Waals surface area contributed by atoms with Crippen molar-refractivity contribution in [3.8, 4) is 23.1 Å². The molecule has 0 radical (unpaired) electrons. The predicted molar refractivity (Wildman–Crippen MR) is 178 cm³/mol. The zero-order valence-corrected chi connectivity index (χ0v) is 27.4. The minimum Gasteiger partial charge on any atom is -0.496 e. The quantitative estimate of drug-likeness (QED) is 0.0863. The molecule has 6 rings (SSSR count). The van der Waals surface area contributed by atoms with Crippen LogP contribution in [0.25, 0.3) is 33.5 Å². The van der Waals surface area contributed by atoms with Crippen LogP contribution in [-0.2, 0) is 6.61 Å². The Balaban J connectivity index is 1.50. The summed E-state index contributed by atoms with van der Waals surface area (Å²) in [5.74, 6) is 0.986. The topological polar surface area (TPSA) is 122 Å². The fourth-order valence-corrected chi connectivity index (χ4v) is 6.23. The molecule has 10 nitrogen and oxygen atoms in total. The monoisotopic (exact) mass is 780 g/mol. The van der Waals surface area contributed by atoms with Crippen molar-refractivity contribution in [2.45, 2.75) is 6.61 Å². The minimum absolute atomic E-state index is 0.0198. The van der Waals surface area contributed by atoms with Crippen LogP contribution in [0.15, 0.2) is 107 Å². The number of hydrogen-bond acceptors (Lipinski definition) is 8. The first kappa shape index (κ1) is 29.7. The molecule has 0 saturated heterocycles. The first-order chi connectivity index (χ1) is 21.2. The van der Waals surface area contributed by atoms with Gasteiger partial charge in [0.05, 0.1) is 34.5 Å². The van der Waals surface area contributed by atoms with Crippen LogP contribution in [0.5, 0.6) is 11.5 Å². The summed E-state index contributed by atoms with van der Waals surface area (Å²) in [6.45, 7) is 0.0285. The van der Waals surface area contributed by atoms with Gasteiger partial charge in [0.2, 0.25) is 11.6 Å². The van der Waals surface area contributed by atoms with Gasteiger partial charge in [0.1, 0.15) is 17.9 Å². The van der Waals surface area contributed by atoms with E-state index in [1.165, 1.54) is 12.3 Å². The lowest BCUT2D eigenvalue weighted by Crippen LogP contribution is -2.20. The van der Waals surface area contributed by atoms with Crippen LogP contribution in [0.3, 0.4) is 0 Å². The van der Waals surface area contributed by atoms with Crippen LogP contribution in [0.2, 0.25) is 0 Å². The third-order valence-corrected chi connectivity index (χ3v) is 8.36. The van der Waals surface area contributed by atoms with Crippen molar-refractivity contribution in [3.63, 3.8) is 0 Å². The maximum absolute atomic E-state index is 13.8. The van der Waals surface area contributed by atoms with Gasteiger partial charge < -0.3 is 13.9 Å². The Kier molecular flexibility index (Phi) is 8.34. The van der Waals surface area contributed by atoms with Crippen molar-refractivity contribution in [1.29, 1.82) is 0 Å². The fraction of sp³-hybridized carbons (Fsp3) is 0.0645. The molecule has 0 fully saturated rings. The second-order valence-electron chi connectivity index (χ2n) is 9.42. The summed E-state index contributed by atoms with van der Waals surface area (Å²) in [6, 6.07) is 22.5. The molecule has 2 heterocycles. The molecule has 13 heteroatoms. The lowest BCUT2D eigenvalue weighted by molar-refractivity contribution is -0.386. The van der Waals surface area contributed by atoms with Crippen LogP contribution in [0, 0.1) is 10.1 Å². The molecule has 0 N–H and O–H groups in total. The number of nitro groups is 1. The van der Waals surface area contributed by atoms with E-state index in [1.54, 1.807) is 61.7 Å². The highest BCUT2D eigenvalue weighted by Crippen LogP contribution is 2.36. The van der Waals surface area contributed by atoms with E-state index in [-0.39, 0.29) is 35.2 Å². The van der Waals surface area contributed by atoms with Gasteiger partial charge in [-0.3, -0.25) is 14.9 Å². The van der Waals surface area contributed by atoms with Gasteiger partial charge in [0, 0.05) is 30.6 Å². The fourth-order valence-electron chi connectivity index (χ4n) is 4.61. The van der Waals surface area contributed by atoms with Crippen molar-refractivity contribution in [1.82, 2.24) is 9.66 Å². The molecule has 0 saturated carbocycles. The lowest BCUT2D eigenvalue weighted by Gasteiger charge is -2.12. The van der Waals surface area contributed by atoms with Gasteiger partial charge in [-0.1, -0.05) is 72.1 Å². The van der Waals surface area contributed by atoms with Gasteiger partial charge in [-0.25, -0.2) is 4.98 Å². The number of furan rings is 1. The number of hydrogen-bond donors (Lipinski definition) is 0. The average molecular weight is 783 g/mol. The van der Waals surface area contributed by atoms with E-state index in [2.05, 4.69) is 52.9 Å².